The van der Waals surface area contributed by atoms with Gasteiger partial charge in [0.25, 0.3) is 0 Å². The Bertz CT molecular complexity index is 239. The Kier molecular flexibility index (Phi) is 5.92. The van der Waals surface area contributed by atoms with Crippen LogP contribution in [0.2, 0.25) is 0 Å². The van der Waals surface area contributed by atoms with E-state index in [9.17, 15) is 4.79 Å². The second-order valence-electron chi connectivity index (χ2n) is 4.81. The van der Waals surface area contributed by atoms with E-state index in [4.69, 9.17) is 9.47 Å². The van der Waals surface area contributed by atoms with Crippen LogP contribution in [0.5, 0.6) is 0 Å². The van der Waals surface area contributed by atoms with Crippen molar-refractivity contribution in [1.82, 2.24) is 4.90 Å². The summed E-state index contributed by atoms with van der Waals surface area (Å²) >= 11 is 0. The summed E-state index contributed by atoms with van der Waals surface area (Å²) in [6, 6.07) is 0. The smallest absolute Gasteiger partial charge is 0.307 e. The van der Waals surface area contributed by atoms with Crippen molar-refractivity contribution in [3.63, 3.8) is 0 Å². The van der Waals surface area contributed by atoms with E-state index in [1.165, 1.54) is 12.8 Å². The molecule has 0 aromatic heterocycles. The van der Waals surface area contributed by atoms with E-state index in [0.717, 1.165) is 13.1 Å². The number of carbonyl (C=O) groups is 1. The zero-order valence-electron chi connectivity index (χ0n) is 11.3. The molecule has 1 aliphatic heterocycles. The van der Waals surface area contributed by atoms with Crippen LogP contribution < -0.4 is 0 Å². The molecule has 0 amide bonds. The van der Waals surface area contributed by atoms with Crippen molar-refractivity contribution < 1.29 is 14.3 Å². The molecule has 0 aliphatic carbocycles. The van der Waals surface area contributed by atoms with Gasteiger partial charge in [-0.05, 0) is 46.7 Å². The lowest BCUT2D eigenvalue weighted by Crippen LogP contribution is -2.50. The number of rotatable bonds is 7. The van der Waals surface area contributed by atoms with Crippen molar-refractivity contribution in [3.05, 3.63) is 0 Å². The molecule has 1 heterocycles. The summed E-state index contributed by atoms with van der Waals surface area (Å²) < 4.78 is 10.6. The molecule has 1 fully saturated rings. The molecule has 17 heavy (non-hydrogen) atoms. The molecule has 1 aliphatic rings. The molecule has 1 rings (SSSR count). The molecule has 1 saturated heterocycles. The van der Waals surface area contributed by atoms with E-state index >= 15 is 0 Å². The van der Waals surface area contributed by atoms with Crippen LogP contribution in [0.4, 0.5) is 0 Å². The fourth-order valence-corrected chi connectivity index (χ4v) is 2.36. The third-order valence-corrected chi connectivity index (χ3v) is 3.32. The normalized spacial score (nSPS) is 20.2. The Hall–Kier alpha value is -0.610. The number of ether oxygens (including phenoxy) is 2. The highest BCUT2D eigenvalue weighted by atomic mass is 16.5. The second-order valence-corrected chi connectivity index (χ2v) is 4.81. The molecule has 0 spiro atoms. The predicted molar refractivity (Wildman–Crippen MR) is 67.0 cm³/mol. The highest BCUT2D eigenvalue weighted by Crippen LogP contribution is 2.25. The molecule has 0 aromatic rings. The Morgan fingerprint density at radius 2 is 1.88 bits per heavy atom. The number of likely N-dealkylation sites (tertiary alicyclic amines) is 1. The highest BCUT2D eigenvalue weighted by Gasteiger charge is 2.36. The van der Waals surface area contributed by atoms with Gasteiger partial charge in [-0.1, -0.05) is 0 Å². The second kappa shape index (κ2) is 6.97. The lowest BCUT2D eigenvalue weighted by Gasteiger charge is -2.37. The van der Waals surface area contributed by atoms with Crippen molar-refractivity contribution in [2.75, 3.05) is 32.9 Å². The van der Waals surface area contributed by atoms with Crippen molar-refractivity contribution in [3.8, 4) is 0 Å². The van der Waals surface area contributed by atoms with Crippen LogP contribution >= 0.6 is 0 Å². The molecule has 0 bridgehead atoms. The van der Waals surface area contributed by atoms with Gasteiger partial charge in [0, 0.05) is 6.61 Å². The Labute approximate surface area is 104 Å². The summed E-state index contributed by atoms with van der Waals surface area (Å²) in [5.74, 6) is -0.124. The summed E-state index contributed by atoms with van der Waals surface area (Å²) in [5.41, 5.74) is -0.210. The molecular formula is C13H25NO3. The first kappa shape index (κ1) is 14.5. The van der Waals surface area contributed by atoms with Gasteiger partial charge in [-0.3, -0.25) is 9.69 Å². The first-order chi connectivity index (χ1) is 8.12. The van der Waals surface area contributed by atoms with Crippen LogP contribution in [0.1, 0.15) is 40.0 Å². The third-order valence-electron chi connectivity index (χ3n) is 3.32. The van der Waals surface area contributed by atoms with E-state index in [-0.39, 0.29) is 11.5 Å². The predicted octanol–water partition coefficient (Wildman–Crippen LogP) is 1.83. The van der Waals surface area contributed by atoms with Crippen molar-refractivity contribution in [2.24, 2.45) is 0 Å². The van der Waals surface area contributed by atoms with E-state index in [0.29, 0.717) is 26.2 Å². The minimum atomic E-state index is -0.210. The van der Waals surface area contributed by atoms with Crippen molar-refractivity contribution >= 4 is 5.97 Å². The van der Waals surface area contributed by atoms with E-state index < -0.39 is 0 Å². The first-order valence-electron chi connectivity index (χ1n) is 6.61. The van der Waals surface area contributed by atoms with Gasteiger partial charge >= 0.3 is 5.97 Å². The average Bonchev–Trinajstić information content (AvgIpc) is 2.80. The molecule has 0 radical (unpaired) electrons. The van der Waals surface area contributed by atoms with Gasteiger partial charge in [0.2, 0.25) is 0 Å². The van der Waals surface area contributed by atoms with Gasteiger partial charge in [-0.15, -0.1) is 0 Å². The molecule has 4 heteroatoms. The van der Waals surface area contributed by atoms with E-state index in [2.05, 4.69) is 11.8 Å². The first-order valence-corrected chi connectivity index (χ1v) is 6.61. The van der Waals surface area contributed by atoms with Gasteiger partial charge in [-0.2, -0.15) is 0 Å². The zero-order chi connectivity index (χ0) is 12.7. The Morgan fingerprint density at radius 3 is 2.41 bits per heavy atom. The summed E-state index contributed by atoms with van der Waals surface area (Å²) in [4.78, 5) is 14.0. The van der Waals surface area contributed by atoms with Gasteiger partial charge in [0.1, 0.15) is 0 Å². The summed E-state index contributed by atoms with van der Waals surface area (Å²) in [6.07, 6.45) is 2.84. The van der Waals surface area contributed by atoms with Gasteiger partial charge in [0.05, 0.1) is 25.2 Å². The number of esters is 1. The summed E-state index contributed by atoms with van der Waals surface area (Å²) in [5, 5.41) is 0. The quantitative estimate of drug-likeness (QED) is 0.639. The zero-order valence-corrected chi connectivity index (χ0v) is 11.3. The number of carbonyl (C=O) groups excluding carboxylic acids is 1. The standard InChI is InChI=1S/C13H25NO3/c1-4-16-11-13(3,10-12(15)17-5-2)14-8-6-7-9-14/h4-11H2,1-3H3. The summed E-state index contributed by atoms with van der Waals surface area (Å²) in [7, 11) is 0. The molecule has 0 saturated carbocycles. The Morgan fingerprint density at radius 1 is 1.24 bits per heavy atom. The largest absolute Gasteiger partial charge is 0.466 e. The molecule has 100 valence electrons. The maximum Gasteiger partial charge on any atom is 0.307 e. The lowest BCUT2D eigenvalue weighted by atomic mass is 9.97. The minimum absolute atomic E-state index is 0.124. The van der Waals surface area contributed by atoms with Crippen LogP contribution in [0.25, 0.3) is 0 Å². The average molecular weight is 243 g/mol. The minimum Gasteiger partial charge on any atom is -0.466 e. The molecule has 1 unspecified atom stereocenters. The molecule has 0 N–H and O–H groups in total. The van der Waals surface area contributed by atoms with Crippen LogP contribution in [-0.2, 0) is 14.3 Å². The fraction of sp³-hybridized carbons (Fsp3) is 0.923. The number of hydrogen-bond donors (Lipinski definition) is 0. The molecule has 0 aromatic carbocycles. The van der Waals surface area contributed by atoms with Gasteiger partial charge in [-0.25, -0.2) is 0 Å². The van der Waals surface area contributed by atoms with Crippen LogP contribution in [0.3, 0.4) is 0 Å². The van der Waals surface area contributed by atoms with E-state index in [1.807, 2.05) is 13.8 Å². The topological polar surface area (TPSA) is 38.8 Å². The monoisotopic (exact) mass is 243 g/mol. The van der Waals surface area contributed by atoms with Crippen LogP contribution in [0, 0.1) is 0 Å². The van der Waals surface area contributed by atoms with Gasteiger partial charge < -0.3 is 9.47 Å². The van der Waals surface area contributed by atoms with E-state index in [1.54, 1.807) is 0 Å². The Balaban J connectivity index is 2.59. The number of nitrogens with zero attached hydrogens (tertiary/aromatic N) is 1. The highest BCUT2D eigenvalue weighted by molar-refractivity contribution is 5.70. The summed E-state index contributed by atoms with van der Waals surface area (Å²) in [6.45, 7) is 9.78. The SMILES string of the molecule is CCOCC(C)(CC(=O)OCC)N1CCCC1. The third kappa shape index (κ3) is 4.28. The van der Waals surface area contributed by atoms with Gasteiger partial charge in [0.15, 0.2) is 0 Å². The van der Waals surface area contributed by atoms with Crippen LogP contribution in [0.15, 0.2) is 0 Å². The number of hydrogen-bond acceptors (Lipinski definition) is 4. The maximum absolute atomic E-state index is 11.7. The molecule has 4 nitrogen and oxygen atoms in total. The lowest BCUT2D eigenvalue weighted by molar-refractivity contribution is -0.147. The van der Waals surface area contributed by atoms with Crippen molar-refractivity contribution in [2.45, 2.75) is 45.6 Å². The fourth-order valence-electron chi connectivity index (χ4n) is 2.36. The molecular weight excluding hydrogens is 218 g/mol. The maximum atomic E-state index is 11.7. The van der Waals surface area contributed by atoms with Crippen molar-refractivity contribution in [1.29, 1.82) is 0 Å². The van der Waals surface area contributed by atoms with Crippen LogP contribution in [-0.4, -0.2) is 49.3 Å². The molecule has 1 atom stereocenters.